The van der Waals surface area contributed by atoms with Gasteiger partial charge in [-0.2, -0.15) is 0 Å². The Morgan fingerprint density at radius 3 is 2.66 bits per heavy atom. The van der Waals surface area contributed by atoms with Crippen LogP contribution in [0.1, 0.15) is 18.4 Å². The number of aromatic nitrogens is 2. The molecule has 1 aliphatic heterocycles. The second-order valence-corrected chi connectivity index (χ2v) is 7.77. The molecule has 2 aromatic carbocycles. The predicted octanol–water partition coefficient (Wildman–Crippen LogP) is 2.24. The van der Waals surface area contributed by atoms with Gasteiger partial charge in [0.2, 0.25) is 0 Å². The van der Waals surface area contributed by atoms with Gasteiger partial charge in [0.15, 0.2) is 5.78 Å². The Labute approximate surface area is 169 Å². The average Bonchev–Trinajstić information content (AvgIpc) is 2.73. The van der Waals surface area contributed by atoms with Gasteiger partial charge in [-0.3, -0.25) is 19.1 Å². The number of ketones is 1. The van der Waals surface area contributed by atoms with E-state index in [4.69, 9.17) is 0 Å². The number of β-amino-alcohol motifs (C(OH)–C–C–N with tert-alkyl or cyclic N) is 1. The third kappa shape index (κ3) is 4.60. The lowest BCUT2D eigenvalue weighted by Gasteiger charge is -2.35. The second kappa shape index (κ2) is 8.68. The molecule has 0 aliphatic carbocycles. The highest BCUT2D eigenvalue weighted by molar-refractivity contribution is 5.80. The Morgan fingerprint density at radius 1 is 1.10 bits per heavy atom. The summed E-state index contributed by atoms with van der Waals surface area (Å²) in [7, 11) is 0. The van der Waals surface area contributed by atoms with Gasteiger partial charge in [-0.05, 0) is 36.6 Å². The molecule has 2 atom stereocenters. The highest BCUT2D eigenvalue weighted by Gasteiger charge is 2.29. The molecule has 1 N–H and O–H groups in total. The number of hydrogen-bond acceptors (Lipinski definition) is 5. The first-order chi connectivity index (χ1) is 14.1. The molecule has 2 heterocycles. The highest BCUT2D eigenvalue weighted by Crippen LogP contribution is 2.23. The Balaban J connectivity index is 1.34. The molecule has 6 nitrogen and oxygen atoms in total. The van der Waals surface area contributed by atoms with Gasteiger partial charge in [0.05, 0.1) is 29.9 Å². The van der Waals surface area contributed by atoms with Gasteiger partial charge in [-0.25, -0.2) is 4.98 Å². The minimum atomic E-state index is -0.539. The first-order valence-electron chi connectivity index (χ1n) is 10.0. The molecular formula is C23H25N3O3. The van der Waals surface area contributed by atoms with E-state index in [-0.39, 0.29) is 30.2 Å². The number of aliphatic hydroxyl groups is 1. The number of hydrogen-bond donors (Lipinski definition) is 1. The highest BCUT2D eigenvalue weighted by atomic mass is 16.3. The zero-order chi connectivity index (χ0) is 20.2. The third-order valence-electron chi connectivity index (χ3n) is 5.62. The average molecular weight is 391 g/mol. The summed E-state index contributed by atoms with van der Waals surface area (Å²) >= 11 is 0. The van der Waals surface area contributed by atoms with Gasteiger partial charge in [0.1, 0.15) is 0 Å². The van der Waals surface area contributed by atoms with Crippen LogP contribution in [-0.4, -0.2) is 44.5 Å². The number of fused-ring (bicyclic) bond motifs is 1. The Bertz CT molecular complexity index is 1050. The molecule has 0 saturated carbocycles. The Morgan fingerprint density at radius 2 is 1.86 bits per heavy atom. The molecule has 29 heavy (non-hydrogen) atoms. The van der Waals surface area contributed by atoms with E-state index in [2.05, 4.69) is 22.0 Å². The van der Waals surface area contributed by atoms with Crippen molar-refractivity contribution in [3.05, 3.63) is 76.8 Å². The van der Waals surface area contributed by atoms with Crippen LogP contribution in [0.25, 0.3) is 10.9 Å². The lowest BCUT2D eigenvalue weighted by molar-refractivity contribution is -0.122. The summed E-state index contributed by atoms with van der Waals surface area (Å²) in [5, 5.41) is 11.1. The summed E-state index contributed by atoms with van der Waals surface area (Å²) in [5.41, 5.74) is 1.64. The number of Topliss-reactive ketones (excluding diaryl/α,β-unsaturated/α-hetero) is 1. The number of benzene rings is 2. The lowest BCUT2D eigenvalue weighted by Crippen LogP contribution is -2.44. The van der Waals surface area contributed by atoms with Crippen LogP contribution >= 0.6 is 0 Å². The molecule has 0 radical (unpaired) electrons. The lowest BCUT2D eigenvalue weighted by atomic mass is 9.89. The molecule has 0 bridgehead atoms. The van der Waals surface area contributed by atoms with Gasteiger partial charge >= 0.3 is 0 Å². The Hall–Kier alpha value is -2.83. The number of rotatable bonds is 6. The maximum atomic E-state index is 12.6. The van der Waals surface area contributed by atoms with E-state index >= 15 is 0 Å². The second-order valence-electron chi connectivity index (χ2n) is 7.77. The summed E-state index contributed by atoms with van der Waals surface area (Å²) in [6.07, 6.45) is 1.94. The Kier molecular flexibility index (Phi) is 5.83. The molecule has 3 aromatic rings. The molecule has 6 heteroatoms. The summed E-state index contributed by atoms with van der Waals surface area (Å²) in [4.78, 5) is 31.6. The molecular weight excluding hydrogens is 366 g/mol. The number of aliphatic hydroxyl groups excluding tert-OH is 1. The number of nitrogens with zero attached hydrogens (tertiary/aromatic N) is 3. The van der Waals surface area contributed by atoms with Crippen LogP contribution in [-0.2, 0) is 17.9 Å². The molecule has 0 spiro atoms. The quantitative estimate of drug-likeness (QED) is 0.698. The first-order valence-corrected chi connectivity index (χ1v) is 10.0. The van der Waals surface area contributed by atoms with Crippen molar-refractivity contribution in [2.24, 2.45) is 5.92 Å². The maximum Gasteiger partial charge on any atom is 0.261 e. The fraction of sp³-hybridized carbons (Fsp3) is 0.348. The van der Waals surface area contributed by atoms with Crippen LogP contribution in [0.5, 0.6) is 0 Å². The van der Waals surface area contributed by atoms with Crippen LogP contribution in [0.3, 0.4) is 0 Å². The molecule has 0 unspecified atom stereocenters. The predicted molar refractivity (Wildman–Crippen MR) is 111 cm³/mol. The van der Waals surface area contributed by atoms with Crippen LogP contribution in [0, 0.1) is 5.92 Å². The van der Waals surface area contributed by atoms with Gasteiger partial charge in [-0.15, -0.1) is 0 Å². The van der Waals surface area contributed by atoms with Crippen LogP contribution in [0.2, 0.25) is 0 Å². The van der Waals surface area contributed by atoms with Crippen LogP contribution in [0.15, 0.2) is 65.7 Å². The van der Waals surface area contributed by atoms with Crippen molar-refractivity contribution < 1.29 is 9.90 Å². The van der Waals surface area contributed by atoms with Gasteiger partial charge in [0.25, 0.3) is 5.56 Å². The van der Waals surface area contributed by atoms with E-state index in [0.717, 1.165) is 19.5 Å². The summed E-state index contributed by atoms with van der Waals surface area (Å²) in [6.45, 7) is 2.20. The molecule has 4 rings (SSSR count). The van der Waals surface area contributed by atoms with Crippen molar-refractivity contribution in [1.82, 2.24) is 14.5 Å². The van der Waals surface area contributed by atoms with Crippen molar-refractivity contribution in [2.45, 2.75) is 32.0 Å². The van der Waals surface area contributed by atoms with E-state index < -0.39 is 6.10 Å². The zero-order valence-electron chi connectivity index (χ0n) is 16.3. The summed E-state index contributed by atoms with van der Waals surface area (Å²) in [5.74, 6) is -0.122. The minimum Gasteiger partial charge on any atom is -0.391 e. The van der Waals surface area contributed by atoms with Crippen molar-refractivity contribution in [1.29, 1.82) is 0 Å². The van der Waals surface area contributed by atoms with Crippen molar-refractivity contribution >= 4 is 16.7 Å². The molecule has 150 valence electrons. The number of carbonyl (C=O) groups is 1. The largest absolute Gasteiger partial charge is 0.391 e. The topological polar surface area (TPSA) is 75.4 Å². The summed E-state index contributed by atoms with van der Waals surface area (Å²) in [6, 6.07) is 17.3. The summed E-state index contributed by atoms with van der Waals surface area (Å²) < 4.78 is 1.36. The zero-order valence-corrected chi connectivity index (χ0v) is 16.3. The number of likely N-dealkylation sites (tertiary alicyclic amines) is 1. The van der Waals surface area contributed by atoms with Crippen LogP contribution < -0.4 is 5.56 Å². The number of piperidine rings is 1. The number of carbonyl (C=O) groups excluding carboxylic acids is 1. The van der Waals surface area contributed by atoms with E-state index in [1.165, 1.54) is 16.5 Å². The molecule has 0 amide bonds. The molecule has 1 aromatic heterocycles. The van der Waals surface area contributed by atoms with E-state index in [1.54, 1.807) is 18.2 Å². The monoisotopic (exact) mass is 391 g/mol. The van der Waals surface area contributed by atoms with E-state index in [0.29, 0.717) is 17.4 Å². The standard InChI is InChI=1S/C23H25N3O3/c27-19(14-26-16-24-21-9-5-4-8-20(21)23(26)29)12-18-10-11-25(15-22(18)28)13-17-6-2-1-3-7-17/h1-9,16,18,22,28H,10-15H2/t18-,22+/m1/s1. The smallest absolute Gasteiger partial charge is 0.261 e. The van der Waals surface area contributed by atoms with E-state index in [9.17, 15) is 14.7 Å². The molecule has 1 aliphatic rings. The van der Waals surface area contributed by atoms with Crippen molar-refractivity contribution in [2.75, 3.05) is 13.1 Å². The number of para-hydroxylation sites is 1. The van der Waals surface area contributed by atoms with Crippen LogP contribution in [0.4, 0.5) is 0 Å². The maximum absolute atomic E-state index is 12.6. The van der Waals surface area contributed by atoms with Crippen molar-refractivity contribution in [3.8, 4) is 0 Å². The molecule has 1 fully saturated rings. The van der Waals surface area contributed by atoms with Gasteiger partial charge in [-0.1, -0.05) is 42.5 Å². The third-order valence-corrected chi connectivity index (χ3v) is 5.62. The first kappa shape index (κ1) is 19.5. The normalized spacial score (nSPS) is 20.0. The van der Waals surface area contributed by atoms with Gasteiger partial charge in [0, 0.05) is 19.5 Å². The van der Waals surface area contributed by atoms with Gasteiger partial charge < -0.3 is 5.11 Å². The fourth-order valence-electron chi connectivity index (χ4n) is 4.03. The minimum absolute atomic E-state index is 0.00633. The van der Waals surface area contributed by atoms with Crippen molar-refractivity contribution in [3.63, 3.8) is 0 Å². The fourth-order valence-corrected chi connectivity index (χ4v) is 4.03. The van der Waals surface area contributed by atoms with E-state index in [1.807, 2.05) is 24.3 Å². The molecule has 1 saturated heterocycles. The SMILES string of the molecule is O=C(C[C@H]1CCN(Cc2ccccc2)C[C@@H]1O)Cn1cnc2ccccc2c1=O.